The number of carboxylic acids is 1. The van der Waals surface area contributed by atoms with E-state index in [-0.39, 0.29) is 6.04 Å². The Bertz CT molecular complexity index is 303. The van der Waals surface area contributed by atoms with E-state index < -0.39 is 11.5 Å². The van der Waals surface area contributed by atoms with E-state index in [1.165, 1.54) is 12.8 Å². The van der Waals surface area contributed by atoms with Gasteiger partial charge in [0, 0.05) is 12.1 Å². The summed E-state index contributed by atoms with van der Waals surface area (Å²) < 4.78 is 0. The maximum absolute atomic E-state index is 11.3. The van der Waals surface area contributed by atoms with Gasteiger partial charge in [0.25, 0.3) is 0 Å². The zero-order valence-electron chi connectivity index (χ0n) is 12.9. The van der Waals surface area contributed by atoms with Gasteiger partial charge in [-0.25, -0.2) is 0 Å². The first kappa shape index (κ1) is 16.4. The molecule has 2 atom stereocenters. The van der Waals surface area contributed by atoms with Crippen LogP contribution in [0.4, 0.5) is 0 Å². The Morgan fingerprint density at radius 1 is 1.53 bits per heavy atom. The molecule has 1 heterocycles. The second kappa shape index (κ2) is 6.68. The van der Waals surface area contributed by atoms with Crippen LogP contribution >= 0.6 is 0 Å². The SMILES string of the molecule is CNC(C)(CC(C)N(C)C1CCN(C)CC1)C(=O)O. The molecule has 0 amide bonds. The second-order valence-corrected chi connectivity index (χ2v) is 6.14. The molecule has 0 aliphatic carbocycles. The number of likely N-dealkylation sites (N-methyl/N-ethyl adjacent to an activating group) is 1. The highest BCUT2D eigenvalue weighted by atomic mass is 16.4. The molecular weight excluding hydrogens is 242 g/mol. The molecule has 0 saturated carbocycles. The van der Waals surface area contributed by atoms with Gasteiger partial charge in [0.1, 0.15) is 5.54 Å². The van der Waals surface area contributed by atoms with Gasteiger partial charge in [0.05, 0.1) is 0 Å². The molecule has 5 heteroatoms. The zero-order valence-corrected chi connectivity index (χ0v) is 12.9. The first-order valence-corrected chi connectivity index (χ1v) is 7.13. The van der Waals surface area contributed by atoms with Crippen molar-refractivity contribution < 1.29 is 9.90 Å². The molecule has 1 saturated heterocycles. The number of hydrogen-bond acceptors (Lipinski definition) is 4. The summed E-state index contributed by atoms with van der Waals surface area (Å²) in [5.41, 5.74) is -0.848. The summed E-state index contributed by atoms with van der Waals surface area (Å²) in [4.78, 5) is 16.0. The van der Waals surface area contributed by atoms with E-state index >= 15 is 0 Å². The smallest absolute Gasteiger partial charge is 0.323 e. The van der Waals surface area contributed by atoms with Crippen LogP contribution in [-0.4, -0.2) is 72.7 Å². The third-order valence-electron chi connectivity index (χ3n) is 4.69. The van der Waals surface area contributed by atoms with Crippen LogP contribution in [0, 0.1) is 0 Å². The van der Waals surface area contributed by atoms with Crippen LogP contribution < -0.4 is 5.32 Å². The van der Waals surface area contributed by atoms with Gasteiger partial charge in [0.15, 0.2) is 0 Å². The van der Waals surface area contributed by atoms with Crippen LogP contribution in [0.1, 0.15) is 33.1 Å². The molecule has 2 unspecified atom stereocenters. The molecule has 1 aliphatic rings. The number of likely N-dealkylation sites (tertiary alicyclic amines) is 1. The molecule has 1 aliphatic heterocycles. The number of carbonyl (C=O) groups is 1. The summed E-state index contributed by atoms with van der Waals surface area (Å²) in [5, 5.41) is 12.3. The molecule has 0 radical (unpaired) electrons. The first-order valence-electron chi connectivity index (χ1n) is 7.13. The number of rotatable bonds is 6. The third-order valence-corrected chi connectivity index (χ3v) is 4.69. The van der Waals surface area contributed by atoms with Crippen molar-refractivity contribution in [2.45, 2.75) is 50.7 Å². The van der Waals surface area contributed by atoms with Crippen LogP contribution in [0.2, 0.25) is 0 Å². The molecule has 0 aromatic heterocycles. The Hall–Kier alpha value is -0.650. The average Bonchev–Trinajstić information content (AvgIpc) is 2.38. The van der Waals surface area contributed by atoms with Crippen molar-refractivity contribution in [3.05, 3.63) is 0 Å². The van der Waals surface area contributed by atoms with E-state index in [4.69, 9.17) is 0 Å². The number of hydrogen-bond donors (Lipinski definition) is 2. The van der Waals surface area contributed by atoms with E-state index in [1.54, 1.807) is 14.0 Å². The first-order chi connectivity index (χ1) is 8.80. The second-order valence-electron chi connectivity index (χ2n) is 6.14. The summed E-state index contributed by atoms with van der Waals surface area (Å²) in [7, 11) is 6.00. The highest BCUT2D eigenvalue weighted by Gasteiger charge is 2.35. The van der Waals surface area contributed by atoms with Gasteiger partial charge in [0.2, 0.25) is 0 Å². The van der Waals surface area contributed by atoms with E-state index in [0.29, 0.717) is 12.5 Å². The lowest BCUT2D eigenvalue weighted by atomic mass is 9.91. The third kappa shape index (κ3) is 4.16. The lowest BCUT2D eigenvalue weighted by molar-refractivity contribution is -0.144. The van der Waals surface area contributed by atoms with E-state index in [1.807, 2.05) is 0 Å². The minimum absolute atomic E-state index is 0.252. The number of carboxylic acid groups (broad SMARTS) is 1. The van der Waals surface area contributed by atoms with Crippen molar-refractivity contribution in [1.82, 2.24) is 15.1 Å². The van der Waals surface area contributed by atoms with Crippen LogP contribution in [0.3, 0.4) is 0 Å². The molecule has 0 bridgehead atoms. The number of aliphatic carboxylic acids is 1. The number of nitrogens with zero attached hydrogens (tertiary/aromatic N) is 2. The summed E-state index contributed by atoms with van der Waals surface area (Å²) >= 11 is 0. The standard InChI is InChI=1S/C14H29N3O2/c1-11(10-14(2,15-3)13(18)19)17(5)12-6-8-16(4)9-7-12/h11-12,15H,6-10H2,1-5H3,(H,18,19). The van der Waals surface area contributed by atoms with Crippen molar-refractivity contribution in [2.24, 2.45) is 0 Å². The minimum atomic E-state index is -0.848. The van der Waals surface area contributed by atoms with Gasteiger partial charge in [-0.1, -0.05) is 0 Å². The van der Waals surface area contributed by atoms with Crippen molar-refractivity contribution >= 4 is 5.97 Å². The van der Waals surface area contributed by atoms with Gasteiger partial charge >= 0.3 is 5.97 Å². The monoisotopic (exact) mass is 271 g/mol. The molecule has 2 N–H and O–H groups in total. The van der Waals surface area contributed by atoms with Gasteiger partial charge < -0.3 is 20.2 Å². The Balaban J connectivity index is 2.57. The lowest BCUT2D eigenvalue weighted by Gasteiger charge is -2.40. The van der Waals surface area contributed by atoms with Crippen LogP contribution in [0.15, 0.2) is 0 Å². The quantitative estimate of drug-likeness (QED) is 0.750. The average molecular weight is 271 g/mol. The summed E-state index contributed by atoms with van der Waals surface area (Å²) in [6.45, 7) is 6.14. The fourth-order valence-electron chi connectivity index (χ4n) is 2.79. The van der Waals surface area contributed by atoms with Crippen LogP contribution in [0.5, 0.6) is 0 Å². The Kier molecular flexibility index (Phi) is 5.77. The lowest BCUT2D eigenvalue weighted by Crippen LogP contribution is -2.53. The van der Waals surface area contributed by atoms with Crippen LogP contribution in [0.25, 0.3) is 0 Å². The van der Waals surface area contributed by atoms with Crippen molar-refractivity contribution in [3.63, 3.8) is 0 Å². The van der Waals surface area contributed by atoms with E-state index in [0.717, 1.165) is 13.1 Å². The normalized spacial score (nSPS) is 23.3. The maximum atomic E-state index is 11.3. The zero-order chi connectivity index (χ0) is 14.6. The van der Waals surface area contributed by atoms with E-state index in [9.17, 15) is 9.90 Å². The molecular formula is C14H29N3O2. The van der Waals surface area contributed by atoms with Crippen LogP contribution in [-0.2, 0) is 4.79 Å². The molecule has 1 fully saturated rings. The summed E-state index contributed by atoms with van der Waals surface area (Å²) in [5.74, 6) is -0.779. The van der Waals surface area contributed by atoms with Gasteiger partial charge in [-0.15, -0.1) is 0 Å². The Morgan fingerprint density at radius 3 is 2.47 bits per heavy atom. The predicted molar refractivity (Wildman–Crippen MR) is 77.5 cm³/mol. The fraction of sp³-hybridized carbons (Fsp3) is 0.929. The van der Waals surface area contributed by atoms with Gasteiger partial charge in [-0.3, -0.25) is 4.79 Å². The van der Waals surface area contributed by atoms with Gasteiger partial charge in [-0.2, -0.15) is 0 Å². The highest BCUT2D eigenvalue weighted by Crippen LogP contribution is 2.21. The maximum Gasteiger partial charge on any atom is 0.323 e. The summed E-state index contributed by atoms with van der Waals surface area (Å²) in [6, 6.07) is 0.822. The minimum Gasteiger partial charge on any atom is -0.480 e. The predicted octanol–water partition coefficient (Wildman–Crippen LogP) is 0.854. The molecule has 112 valence electrons. The Labute approximate surface area is 117 Å². The molecule has 0 aromatic carbocycles. The molecule has 1 rings (SSSR count). The van der Waals surface area contributed by atoms with Crippen molar-refractivity contribution in [3.8, 4) is 0 Å². The Morgan fingerprint density at radius 2 is 2.05 bits per heavy atom. The van der Waals surface area contributed by atoms with Crippen molar-refractivity contribution in [2.75, 3.05) is 34.2 Å². The largest absolute Gasteiger partial charge is 0.480 e. The number of piperidine rings is 1. The van der Waals surface area contributed by atoms with E-state index in [2.05, 4.69) is 36.1 Å². The molecule has 0 spiro atoms. The molecule has 19 heavy (non-hydrogen) atoms. The fourth-order valence-corrected chi connectivity index (χ4v) is 2.79. The molecule has 0 aromatic rings. The topological polar surface area (TPSA) is 55.8 Å². The van der Waals surface area contributed by atoms with Gasteiger partial charge in [-0.05, 0) is 67.3 Å². The summed E-state index contributed by atoms with van der Waals surface area (Å²) in [6.07, 6.45) is 2.95. The number of nitrogens with one attached hydrogen (secondary N) is 1. The molecule has 5 nitrogen and oxygen atoms in total. The highest BCUT2D eigenvalue weighted by molar-refractivity contribution is 5.78. The van der Waals surface area contributed by atoms with Crippen molar-refractivity contribution in [1.29, 1.82) is 0 Å².